The van der Waals surface area contributed by atoms with Gasteiger partial charge in [-0.2, -0.15) is 5.10 Å². The molecule has 1 heterocycles. The number of amides is 1. The van der Waals surface area contributed by atoms with Crippen molar-refractivity contribution in [3.8, 4) is 0 Å². The number of halogens is 2. The fourth-order valence-corrected chi connectivity index (χ4v) is 3.21. The van der Waals surface area contributed by atoms with Gasteiger partial charge in [-0.05, 0) is 44.1 Å². The van der Waals surface area contributed by atoms with E-state index in [0.29, 0.717) is 40.6 Å². The van der Waals surface area contributed by atoms with Crippen LogP contribution in [0.4, 0.5) is 0 Å². The van der Waals surface area contributed by atoms with Crippen molar-refractivity contribution in [3.63, 3.8) is 0 Å². The molecule has 24 heavy (non-hydrogen) atoms. The molecule has 0 bridgehead atoms. The van der Waals surface area contributed by atoms with Crippen LogP contribution in [0, 0.1) is 4.77 Å². The Balaban J connectivity index is 1.82. The number of carbonyl (C=O) groups is 1. The molecule has 1 amide bonds. The number of rotatable bonds is 7. The highest BCUT2D eigenvalue weighted by Gasteiger charge is 2.10. The number of aryl methyl sites for hydroxylation is 1. The summed E-state index contributed by atoms with van der Waals surface area (Å²) >= 11 is 17.3. The summed E-state index contributed by atoms with van der Waals surface area (Å²) in [7, 11) is 0. The Morgan fingerprint density at radius 3 is 2.83 bits per heavy atom. The van der Waals surface area contributed by atoms with Crippen LogP contribution in [-0.2, 0) is 17.6 Å². The van der Waals surface area contributed by atoms with E-state index in [4.69, 9.17) is 35.4 Å². The SMILES string of the molecule is CC(C)n1c(CCNC(=O)CCc2cccc(Cl)c2Cl)n[nH]c1=S. The summed E-state index contributed by atoms with van der Waals surface area (Å²) < 4.78 is 2.55. The second-order valence-electron chi connectivity index (χ2n) is 5.72. The fourth-order valence-electron chi connectivity index (χ4n) is 2.44. The highest BCUT2D eigenvalue weighted by atomic mass is 35.5. The number of nitrogens with zero attached hydrogens (tertiary/aromatic N) is 2. The molecule has 2 aromatic rings. The largest absolute Gasteiger partial charge is 0.356 e. The van der Waals surface area contributed by atoms with Gasteiger partial charge in [0.1, 0.15) is 5.82 Å². The van der Waals surface area contributed by atoms with Crippen LogP contribution in [0.25, 0.3) is 0 Å². The van der Waals surface area contributed by atoms with Gasteiger partial charge >= 0.3 is 0 Å². The molecule has 130 valence electrons. The van der Waals surface area contributed by atoms with Crippen molar-refractivity contribution in [3.05, 3.63) is 44.4 Å². The number of aromatic amines is 1. The normalized spacial score (nSPS) is 11.0. The van der Waals surface area contributed by atoms with Crippen LogP contribution < -0.4 is 5.32 Å². The van der Waals surface area contributed by atoms with Crippen LogP contribution in [-0.4, -0.2) is 27.2 Å². The van der Waals surface area contributed by atoms with Crippen molar-refractivity contribution in [2.75, 3.05) is 6.54 Å². The first kappa shape index (κ1) is 19.0. The molecule has 0 radical (unpaired) electrons. The Hall–Kier alpha value is -1.37. The third kappa shape index (κ3) is 4.82. The highest BCUT2D eigenvalue weighted by Crippen LogP contribution is 2.26. The molecule has 0 unspecified atom stereocenters. The molecule has 0 fully saturated rings. The lowest BCUT2D eigenvalue weighted by molar-refractivity contribution is -0.121. The predicted molar refractivity (Wildman–Crippen MR) is 99.3 cm³/mol. The van der Waals surface area contributed by atoms with E-state index in [2.05, 4.69) is 15.5 Å². The quantitative estimate of drug-likeness (QED) is 0.703. The molecule has 1 aromatic heterocycles. The van der Waals surface area contributed by atoms with Gasteiger partial charge in [-0.1, -0.05) is 35.3 Å². The minimum atomic E-state index is -0.0312. The molecule has 1 aromatic carbocycles. The van der Waals surface area contributed by atoms with Gasteiger partial charge < -0.3 is 9.88 Å². The van der Waals surface area contributed by atoms with Crippen LogP contribution in [0.5, 0.6) is 0 Å². The van der Waals surface area contributed by atoms with E-state index >= 15 is 0 Å². The highest BCUT2D eigenvalue weighted by molar-refractivity contribution is 7.71. The third-order valence-corrected chi connectivity index (χ3v) is 4.76. The topological polar surface area (TPSA) is 62.7 Å². The average Bonchev–Trinajstić information content (AvgIpc) is 2.90. The maximum atomic E-state index is 12.0. The van der Waals surface area contributed by atoms with E-state index < -0.39 is 0 Å². The number of hydrogen-bond donors (Lipinski definition) is 2. The lowest BCUT2D eigenvalue weighted by Gasteiger charge is -2.11. The minimum absolute atomic E-state index is 0.0312. The zero-order chi connectivity index (χ0) is 17.7. The number of aromatic nitrogens is 3. The van der Waals surface area contributed by atoms with Gasteiger partial charge in [0.05, 0.1) is 10.0 Å². The summed E-state index contributed by atoms with van der Waals surface area (Å²) in [6.07, 6.45) is 1.53. The first-order chi connectivity index (χ1) is 11.4. The Morgan fingerprint density at radius 1 is 1.38 bits per heavy atom. The first-order valence-corrected chi connectivity index (χ1v) is 8.92. The number of benzene rings is 1. The number of hydrogen-bond acceptors (Lipinski definition) is 3. The van der Waals surface area contributed by atoms with Gasteiger partial charge in [0.2, 0.25) is 5.91 Å². The summed E-state index contributed by atoms with van der Waals surface area (Å²) in [6.45, 7) is 4.60. The van der Waals surface area contributed by atoms with Crippen molar-refractivity contribution in [1.29, 1.82) is 0 Å². The van der Waals surface area contributed by atoms with Gasteiger partial charge in [-0.25, -0.2) is 0 Å². The second-order valence-corrected chi connectivity index (χ2v) is 6.89. The van der Waals surface area contributed by atoms with E-state index in [0.717, 1.165) is 11.4 Å². The molecule has 0 aliphatic heterocycles. The standard InChI is InChI=1S/C16H20Cl2N4OS/c1-10(2)22-13(20-21-16(22)24)8-9-19-14(23)7-6-11-4-3-5-12(17)15(11)18/h3-5,10H,6-9H2,1-2H3,(H,19,23)(H,21,24). The maximum absolute atomic E-state index is 12.0. The lowest BCUT2D eigenvalue weighted by Crippen LogP contribution is -2.26. The summed E-state index contributed by atoms with van der Waals surface area (Å²) in [5.74, 6) is 0.810. The first-order valence-electron chi connectivity index (χ1n) is 7.75. The minimum Gasteiger partial charge on any atom is -0.356 e. The zero-order valence-electron chi connectivity index (χ0n) is 13.6. The van der Waals surface area contributed by atoms with Gasteiger partial charge in [0.15, 0.2) is 4.77 Å². The average molecular weight is 387 g/mol. The van der Waals surface area contributed by atoms with Gasteiger partial charge in [0.25, 0.3) is 0 Å². The Bertz CT molecular complexity index is 770. The summed E-state index contributed by atoms with van der Waals surface area (Å²) in [5.41, 5.74) is 0.875. The molecule has 8 heteroatoms. The molecule has 0 atom stereocenters. The van der Waals surface area contributed by atoms with Crippen LogP contribution in [0.3, 0.4) is 0 Å². The smallest absolute Gasteiger partial charge is 0.220 e. The molecule has 0 saturated carbocycles. The Kier molecular flexibility index (Phi) is 6.83. The van der Waals surface area contributed by atoms with E-state index in [9.17, 15) is 4.79 Å². The van der Waals surface area contributed by atoms with Crippen LogP contribution in [0.2, 0.25) is 10.0 Å². The van der Waals surface area contributed by atoms with Crippen molar-refractivity contribution < 1.29 is 4.79 Å². The Labute approximate surface area is 156 Å². The van der Waals surface area contributed by atoms with Gasteiger partial charge in [0, 0.05) is 25.4 Å². The fraction of sp³-hybridized carbons (Fsp3) is 0.438. The monoisotopic (exact) mass is 386 g/mol. The molecule has 0 aliphatic rings. The zero-order valence-corrected chi connectivity index (χ0v) is 15.9. The van der Waals surface area contributed by atoms with Crippen molar-refractivity contribution in [2.45, 2.75) is 39.2 Å². The van der Waals surface area contributed by atoms with E-state index in [1.165, 1.54) is 0 Å². The number of nitrogens with one attached hydrogen (secondary N) is 2. The molecule has 0 aliphatic carbocycles. The van der Waals surface area contributed by atoms with Crippen molar-refractivity contribution in [2.24, 2.45) is 0 Å². The summed E-state index contributed by atoms with van der Waals surface area (Å²) in [6, 6.07) is 5.67. The molecule has 0 saturated heterocycles. The predicted octanol–water partition coefficient (Wildman–Crippen LogP) is 4.12. The Morgan fingerprint density at radius 2 is 2.12 bits per heavy atom. The van der Waals surface area contributed by atoms with E-state index in [1.54, 1.807) is 6.07 Å². The third-order valence-electron chi connectivity index (χ3n) is 3.62. The number of H-pyrrole nitrogens is 1. The molecule has 2 rings (SSSR count). The molecule has 0 spiro atoms. The molecule has 5 nitrogen and oxygen atoms in total. The molecule has 2 N–H and O–H groups in total. The molecular formula is C16H20Cl2N4OS. The second kappa shape index (κ2) is 8.65. The molecular weight excluding hydrogens is 367 g/mol. The van der Waals surface area contributed by atoms with Crippen molar-refractivity contribution >= 4 is 41.3 Å². The van der Waals surface area contributed by atoms with E-state index in [-0.39, 0.29) is 11.9 Å². The van der Waals surface area contributed by atoms with Crippen LogP contribution >= 0.6 is 35.4 Å². The van der Waals surface area contributed by atoms with Crippen molar-refractivity contribution in [1.82, 2.24) is 20.1 Å². The van der Waals surface area contributed by atoms with Crippen LogP contribution in [0.1, 0.15) is 37.7 Å². The number of carbonyl (C=O) groups excluding carboxylic acids is 1. The summed E-state index contributed by atoms with van der Waals surface area (Å²) in [5, 5.41) is 10.9. The maximum Gasteiger partial charge on any atom is 0.220 e. The summed E-state index contributed by atoms with van der Waals surface area (Å²) in [4.78, 5) is 12.0. The van der Waals surface area contributed by atoms with Gasteiger partial charge in [-0.15, -0.1) is 0 Å². The van der Waals surface area contributed by atoms with E-state index in [1.807, 2.05) is 30.5 Å². The van der Waals surface area contributed by atoms with Gasteiger partial charge in [-0.3, -0.25) is 9.89 Å². The lowest BCUT2D eigenvalue weighted by atomic mass is 10.1. The van der Waals surface area contributed by atoms with Crippen LogP contribution in [0.15, 0.2) is 18.2 Å².